The first kappa shape index (κ1) is 9.15. The van der Waals surface area contributed by atoms with Crippen LogP contribution in [-0.4, -0.2) is 24.1 Å². The van der Waals surface area contributed by atoms with E-state index in [2.05, 4.69) is 15.0 Å². The highest BCUT2D eigenvalue weighted by molar-refractivity contribution is 5.76. The standard InChI is InChI=1S/C10H12N2O2/c1-14-10(13)9-4-8-5-11-3-2-7(8)6-12-9/h2-3,5,9,12H,4,6H2,1H3. The van der Waals surface area contributed by atoms with Crippen molar-refractivity contribution in [2.75, 3.05) is 7.11 Å². The van der Waals surface area contributed by atoms with Gasteiger partial charge in [-0.1, -0.05) is 0 Å². The van der Waals surface area contributed by atoms with Gasteiger partial charge < -0.3 is 10.1 Å². The van der Waals surface area contributed by atoms with Gasteiger partial charge >= 0.3 is 5.97 Å². The fraction of sp³-hybridized carbons (Fsp3) is 0.400. The molecular weight excluding hydrogens is 180 g/mol. The molecule has 14 heavy (non-hydrogen) atoms. The third-order valence-corrected chi connectivity index (χ3v) is 2.45. The first-order chi connectivity index (χ1) is 6.81. The smallest absolute Gasteiger partial charge is 0.323 e. The second-order valence-electron chi connectivity index (χ2n) is 3.31. The zero-order valence-electron chi connectivity index (χ0n) is 7.99. The molecule has 1 aliphatic heterocycles. The summed E-state index contributed by atoms with van der Waals surface area (Å²) in [6.45, 7) is 0.706. The zero-order valence-corrected chi connectivity index (χ0v) is 7.99. The normalized spacial score (nSPS) is 19.9. The highest BCUT2D eigenvalue weighted by atomic mass is 16.5. The van der Waals surface area contributed by atoms with Gasteiger partial charge in [-0.2, -0.15) is 0 Å². The Kier molecular flexibility index (Phi) is 2.45. The van der Waals surface area contributed by atoms with Crippen LogP contribution in [0.1, 0.15) is 11.1 Å². The second-order valence-corrected chi connectivity index (χ2v) is 3.31. The Morgan fingerprint density at radius 2 is 2.50 bits per heavy atom. The Morgan fingerprint density at radius 3 is 3.29 bits per heavy atom. The largest absolute Gasteiger partial charge is 0.468 e. The average molecular weight is 192 g/mol. The second kappa shape index (κ2) is 3.75. The molecule has 0 amide bonds. The number of pyridine rings is 1. The lowest BCUT2D eigenvalue weighted by molar-refractivity contribution is -0.143. The molecule has 1 unspecified atom stereocenters. The average Bonchev–Trinajstić information content (AvgIpc) is 2.27. The van der Waals surface area contributed by atoms with Crippen LogP contribution in [0.3, 0.4) is 0 Å². The molecule has 0 radical (unpaired) electrons. The van der Waals surface area contributed by atoms with Gasteiger partial charge in [0.25, 0.3) is 0 Å². The van der Waals surface area contributed by atoms with Gasteiger partial charge in [0, 0.05) is 25.4 Å². The number of hydrogen-bond acceptors (Lipinski definition) is 4. The van der Waals surface area contributed by atoms with Crippen LogP contribution in [0.25, 0.3) is 0 Å². The van der Waals surface area contributed by atoms with Gasteiger partial charge in [-0.25, -0.2) is 0 Å². The molecule has 0 bridgehead atoms. The Bertz CT molecular complexity index is 352. The lowest BCUT2D eigenvalue weighted by atomic mass is 9.98. The highest BCUT2D eigenvalue weighted by Gasteiger charge is 2.24. The van der Waals surface area contributed by atoms with Crippen molar-refractivity contribution in [2.45, 2.75) is 19.0 Å². The molecule has 0 saturated carbocycles. The lowest BCUT2D eigenvalue weighted by Crippen LogP contribution is -2.42. The molecule has 1 aromatic rings. The maximum Gasteiger partial charge on any atom is 0.323 e. The van der Waals surface area contributed by atoms with Crippen LogP contribution in [0, 0.1) is 0 Å². The Labute approximate surface area is 82.3 Å². The molecule has 74 valence electrons. The topological polar surface area (TPSA) is 51.2 Å². The van der Waals surface area contributed by atoms with E-state index in [1.165, 1.54) is 12.7 Å². The molecule has 2 rings (SSSR count). The summed E-state index contributed by atoms with van der Waals surface area (Å²) in [6, 6.07) is 1.74. The number of esters is 1. The number of nitrogens with one attached hydrogen (secondary N) is 1. The summed E-state index contributed by atoms with van der Waals surface area (Å²) in [6.07, 6.45) is 4.24. The number of hydrogen-bond donors (Lipinski definition) is 1. The van der Waals surface area contributed by atoms with E-state index in [4.69, 9.17) is 0 Å². The van der Waals surface area contributed by atoms with E-state index >= 15 is 0 Å². The first-order valence-electron chi connectivity index (χ1n) is 4.54. The third-order valence-electron chi connectivity index (χ3n) is 2.45. The Morgan fingerprint density at radius 1 is 1.64 bits per heavy atom. The van der Waals surface area contributed by atoms with Crippen LogP contribution >= 0.6 is 0 Å². The molecule has 0 spiro atoms. The summed E-state index contributed by atoms with van der Waals surface area (Å²) in [4.78, 5) is 15.3. The third kappa shape index (κ3) is 1.61. The van der Waals surface area contributed by atoms with E-state index in [1.54, 1.807) is 6.20 Å². The van der Waals surface area contributed by atoms with Crippen LogP contribution in [-0.2, 0) is 22.5 Å². The van der Waals surface area contributed by atoms with Crippen molar-refractivity contribution in [1.29, 1.82) is 0 Å². The van der Waals surface area contributed by atoms with Crippen LogP contribution in [0.4, 0.5) is 0 Å². The number of carbonyl (C=O) groups is 1. The lowest BCUT2D eigenvalue weighted by Gasteiger charge is -2.23. The summed E-state index contributed by atoms with van der Waals surface area (Å²) in [5, 5.41) is 3.12. The number of ether oxygens (including phenoxy) is 1. The van der Waals surface area contributed by atoms with Crippen molar-refractivity contribution in [2.24, 2.45) is 0 Å². The molecule has 4 nitrogen and oxygen atoms in total. The van der Waals surface area contributed by atoms with E-state index < -0.39 is 0 Å². The molecule has 1 aliphatic rings. The number of carbonyl (C=O) groups excluding carboxylic acids is 1. The van der Waals surface area contributed by atoms with Crippen LogP contribution in [0.5, 0.6) is 0 Å². The molecule has 0 saturated heterocycles. The van der Waals surface area contributed by atoms with Crippen molar-refractivity contribution in [3.8, 4) is 0 Å². The quantitative estimate of drug-likeness (QED) is 0.649. The minimum absolute atomic E-state index is 0.209. The fourth-order valence-electron chi connectivity index (χ4n) is 1.65. The molecule has 2 heterocycles. The van der Waals surface area contributed by atoms with E-state index in [1.807, 2.05) is 12.3 Å². The summed E-state index contributed by atoms with van der Waals surface area (Å²) >= 11 is 0. The highest BCUT2D eigenvalue weighted by Crippen LogP contribution is 2.15. The molecule has 1 atom stereocenters. The molecule has 1 aromatic heterocycles. The molecular formula is C10H12N2O2. The van der Waals surface area contributed by atoms with Gasteiger partial charge in [0.2, 0.25) is 0 Å². The van der Waals surface area contributed by atoms with Crippen LogP contribution < -0.4 is 5.32 Å². The zero-order chi connectivity index (χ0) is 9.97. The molecule has 0 aromatic carbocycles. The number of aromatic nitrogens is 1. The van der Waals surface area contributed by atoms with E-state index in [9.17, 15) is 4.79 Å². The number of methoxy groups -OCH3 is 1. The number of nitrogens with zero attached hydrogens (tertiary/aromatic N) is 1. The van der Waals surface area contributed by atoms with Gasteiger partial charge in [0.15, 0.2) is 0 Å². The summed E-state index contributed by atoms with van der Waals surface area (Å²) < 4.78 is 4.68. The maximum absolute atomic E-state index is 11.3. The van der Waals surface area contributed by atoms with Gasteiger partial charge in [-0.3, -0.25) is 9.78 Å². The van der Waals surface area contributed by atoms with E-state index in [0.29, 0.717) is 13.0 Å². The van der Waals surface area contributed by atoms with Gasteiger partial charge in [-0.15, -0.1) is 0 Å². The molecule has 0 fully saturated rings. The van der Waals surface area contributed by atoms with Crippen LogP contribution in [0.2, 0.25) is 0 Å². The summed E-state index contributed by atoms with van der Waals surface area (Å²) in [7, 11) is 1.41. The van der Waals surface area contributed by atoms with Crippen molar-refractivity contribution in [1.82, 2.24) is 10.3 Å². The molecule has 0 aliphatic carbocycles. The van der Waals surface area contributed by atoms with Crippen molar-refractivity contribution in [3.63, 3.8) is 0 Å². The molecule has 4 heteroatoms. The fourth-order valence-corrected chi connectivity index (χ4v) is 1.65. The van der Waals surface area contributed by atoms with Crippen LogP contribution in [0.15, 0.2) is 18.5 Å². The van der Waals surface area contributed by atoms with Crippen molar-refractivity contribution in [3.05, 3.63) is 29.6 Å². The Balaban J connectivity index is 2.17. The first-order valence-corrected chi connectivity index (χ1v) is 4.54. The van der Waals surface area contributed by atoms with Gasteiger partial charge in [0.05, 0.1) is 7.11 Å². The van der Waals surface area contributed by atoms with Crippen molar-refractivity contribution < 1.29 is 9.53 Å². The predicted octanol–water partition coefficient (Wildman–Crippen LogP) is 0.269. The number of fused-ring (bicyclic) bond motifs is 1. The minimum atomic E-state index is -0.225. The SMILES string of the molecule is COC(=O)C1Cc2cnccc2CN1. The predicted molar refractivity (Wildman–Crippen MR) is 50.6 cm³/mol. The van der Waals surface area contributed by atoms with Gasteiger partial charge in [-0.05, 0) is 17.2 Å². The summed E-state index contributed by atoms with van der Waals surface area (Å²) in [5.41, 5.74) is 2.34. The minimum Gasteiger partial charge on any atom is -0.468 e. The van der Waals surface area contributed by atoms with E-state index in [-0.39, 0.29) is 12.0 Å². The monoisotopic (exact) mass is 192 g/mol. The van der Waals surface area contributed by atoms with E-state index in [0.717, 1.165) is 5.56 Å². The Hall–Kier alpha value is -1.42. The van der Waals surface area contributed by atoms with Crippen molar-refractivity contribution >= 4 is 5.97 Å². The number of rotatable bonds is 1. The summed E-state index contributed by atoms with van der Waals surface area (Å²) in [5.74, 6) is -0.209. The van der Waals surface area contributed by atoms with Gasteiger partial charge in [0.1, 0.15) is 6.04 Å². The maximum atomic E-state index is 11.3. The molecule has 1 N–H and O–H groups in total.